The summed E-state index contributed by atoms with van der Waals surface area (Å²) >= 11 is 0. The molecule has 6 nitrogen and oxygen atoms in total. The minimum atomic E-state index is -3.24. The van der Waals surface area contributed by atoms with Crippen molar-refractivity contribution in [2.45, 2.75) is 19.8 Å². The highest BCUT2D eigenvalue weighted by Crippen LogP contribution is 2.20. The highest BCUT2D eigenvalue weighted by Gasteiger charge is 2.19. The standard InChI is InChI=1S/C14H19NO5S/c1-11-5-3-4-6-12(11)15(9-7-14(17)18)13(16)8-10-21(2,19)20/h3-6H,7-10H2,1-2H3,(H,17,18). The largest absolute Gasteiger partial charge is 0.481 e. The molecule has 1 amide bonds. The van der Waals surface area contributed by atoms with E-state index in [1.165, 1.54) is 4.90 Å². The van der Waals surface area contributed by atoms with Gasteiger partial charge in [-0.1, -0.05) is 18.2 Å². The first-order valence-electron chi connectivity index (χ1n) is 6.46. The maximum absolute atomic E-state index is 12.2. The van der Waals surface area contributed by atoms with Crippen molar-refractivity contribution in [1.29, 1.82) is 0 Å². The first-order chi connectivity index (χ1) is 9.70. The Kier molecular flexibility index (Phi) is 5.90. The zero-order chi connectivity index (χ0) is 16.0. The zero-order valence-corrected chi connectivity index (χ0v) is 12.9. The van der Waals surface area contributed by atoms with Crippen molar-refractivity contribution in [3.05, 3.63) is 29.8 Å². The second kappa shape index (κ2) is 7.21. The number of sulfone groups is 1. The lowest BCUT2D eigenvalue weighted by Crippen LogP contribution is -2.34. The van der Waals surface area contributed by atoms with Gasteiger partial charge in [-0.2, -0.15) is 0 Å². The number of carboxylic acid groups (broad SMARTS) is 1. The molecule has 0 aliphatic heterocycles. The van der Waals surface area contributed by atoms with Gasteiger partial charge in [-0.05, 0) is 18.6 Å². The number of para-hydroxylation sites is 1. The third kappa shape index (κ3) is 5.95. The molecule has 21 heavy (non-hydrogen) atoms. The van der Waals surface area contributed by atoms with Gasteiger partial charge in [-0.15, -0.1) is 0 Å². The van der Waals surface area contributed by atoms with Crippen molar-refractivity contribution in [1.82, 2.24) is 0 Å². The molecule has 0 aliphatic rings. The van der Waals surface area contributed by atoms with E-state index in [9.17, 15) is 18.0 Å². The molecule has 0 fully saturated rings. The van der Waals surface area contributed by atoms with Gasteiger partial charge < -0.3 is 10.0 Å². The maximum atomic E-state index is 12.2. The number of benzene rings is 1. The number of hydrogen-bond acceptors (Lipinski definition) is 4. The molecular formula is C14H19NO5S. The van der Waals surface area contributed by atoms with Crippen LogP contribution >= 0.6 is 0 Å². The molecule has 1 aromatic rings. The molecular weight excluding hydrogens is 294 g/mol. The van der Waals surface area contributed by atoms with E-state index in [2.05, 4.69) is 0 Å². The van der Waals surface area contributed by atoms with Gasteiger partial charge in [0.15, 0.2) is 0 Å². The second-order valence-electron chi connectivity index (χ2n) is 4.86. The van der Waals surface area contributed by atoms with Gasteiger partial charge in [0, 0.05) is 24.9 Å². The molecule has 0 radical (unpaired) electrons. The Balaban J connectivity index is 2.94. The predicted molar refractivity (Wildman–Crippen MR) is 80.1 cm³/mol. The number of anilines is 1. The van der Waals surface area contributed by atoms with Crippen molar-refractivity contribution in [3.8, 4) is 0 Å². The highest BCUT2D eigenvalue weighted by atomic mass is 32.2. The molecule has 0 aromatic heterocycles. The van der Waals surface area contributed by atoms with Crippen LogP contribution in [0.5, 0.6) is 0 Å². The molecule has 1 N–H and O–H groups in total. The second-order valence-corrected chi connectivity index (χ2v) is 7.12. The number of amides is 1. The summed E-state index contributed by atoms with van der Waals surface area (Å²) in [5.74, 6) is -1.65. The third-order valence-electron chi connectivity index (χ3n) is 2.94. The smallest absolute Gasteiger partial charge is 0.305 e. The number of carboxylic acids is 1. The van der Waals surface area contributed by atoms with E-state index in [1.807, 2.05) is 19.1 Å². The molecule has 0 heterocycles. The monoisotopic (exact) mass is 313 g/mol. The Morgan fingerprint density at radius 2 is 1.81 bits per heavy atom. The van der Waals surface area contributed by atoms with Gasteiger partial charge in [-0.3, -0.25) is 9.59 Å². The minimum absolute atomic E-state index is 0.0166. The van der Waals surface area contributed by atoms with Crippen molar-refractivity contribution in [2.75, 3.05) is 23.5 Å². The third-order valence-corrected chi connectivity index (χ3v) is 3.89. The van der Waals surface area contributed by atoms with Gasteiger partial charge in [-0.25, -0.2) is 8.42 Å². The van der Waals surface area contributed by atoms with Crippen LogP contribution in [-0.4, -0.2) is 44.0 Å². The first-order valence-corrected chi connectivity index (χ1v) is 8.52. The number of nitrogens with zero attached hydrogens (tertiary/aromatic N) is 1. The maximum Gasteiger partial charge on any atom is 0.305 e. The number of hydrogen-bond donors (Lipinski definition) is 1. The van der Waals surface area contributed by atoms with Crippen LogP contribution in [0.1, 0.15) is 18.4 Å². The summed E-state index contributed by atoms with van der Waals surface area (Å²) < 4.78 is 22.3. The minimum Gasteiger partial charge on any atom is -0.481 e. The Labute approximate surface area is 124 Å². The predicted octanol–water partition coefficient (Wildman–Crippen LogP) is 1.24. The van der Waals surface area contributed by atoms with Gasteiger partial charge >= 0.3 is 5.97 Å². The molecule has 7 heteroatoms. The fraction of sp³-hybridized carbons (Fsp3) is 0.429. The first kappa shape index (κ1) is 17.2. The van der Waals surface area contributed by atoms with Crippen molar-refractivity contribution < 1.29 is 23.1 Å². The van der Waals surface area contributed by atoms with E-state index in [4.69, 9.17) is 5.11 Å². The Hall–Kier alpha value is -1.89. The average molecular weight is 313 g/mol. The van der Waals surface area contributed by atoms with E-state index in [-0.39, 0.29) is 25.1 Å². The van der Waals surface area contributed by atoms with E-state index < -0.39 is 21.7 Å². The SMILES string of the molecule is Cc1ccccc1N(CCC(=O)O)C(=O)CCS(C)(=O)=O. The Bertz CT molecular complexity index is 624. The highest BCUT2D eigenvalue weighted by molar-refractivity contribution is 7.90. The van der Waals surface area contributed by atoms with Crippen molar-refractivity contribution in [2.24, 2.45) is 0 Å². The van der Waals surface area contributed by atoms with Crippen LogP contribution in [0.2, 0.25) is 0 Å². The van der Waals surface area contributed by atoms with E-state index in [1.54, 1.807) is 12.1 Å². The Morgan fingerprint density at radius 1 is 1.19 bits per heavy atom. The molecule has 0 bridgehead atoms. The molecule has 1 aromatic carbocycles. The lowest BCUT2D eigenvalue weighted by atomic mass is 10.1. The number of aliphatic carboxylic acids is 1. The normalized spacial score (nSPS) is 11.1. The summed E-state index contributed by atoms with van der Waals surface area (Å²) in [7, 11) is -3.24. The lowest BCUT2D eigenvalue weighted by molar-refractivity contribution is -0.136. The van der Waals surface area contributed by atoms with Gasteiger partial charge in [0.05, 0.1) is 12.2 Å². The summed E-state index contributed by atoms with van der Waals surface area (Å²) in [6.45, 7) is 1.83. The van der Waals surface area contributed by atoms with Crippen molar-refractivity contribution in [3.63, 3.8) is 0 Å². The van der Waals surface area contributed by atoms with Crippen LogP contribution in [0.15, 0.2) is 24.3 Å². The van der Waals surface area contributed by atoms with Crippen LogP contribution in [0.3, 0.4) is 0 Å². The van der Waals surface area contributed by atoms with Crippen LogP contribution in [0.4, 0.5) is 5.69 Å². The fourth-order valence-corrected chi connectivity index (χ4v) is 2.41. The molecule has 0 saturated carbocycles. The number of aryl methyl sites for hydroxylation is 1. The van der Waals surface area contributed by atoms with E-state index >= 15 is 0 Å². The van der Waals surface area contributed by atoms with Gasteiger partial charge in [0.1, 0.15) is 9.84 Å². The summed E-state index contributed by atoms with van der Waals surface area (Å²) in [5, 5.41) is 8.79. The van der Waals surface area contributed by atoms with E-state index in [0.717, 1.165) is 11.8 Å². The molecule has 0 spiro atoms. The number of carbonyl (C=O) groups excluding carboxylic acids is 1. The quantitative estimate of drug-likeness (QED) is 0.817. The molecule has 0 unspecified atom stereocenters. The molecule has 0 saturated heterocycles. The molecule has 0 aliphatic carbocycles. The van der Waals surface area contributed by atoms with E-state index in [0.29, 0.717) is 5.69 Å². The summed E-state index contributed by atoms with van der Waals surface area (Å²) in [5.41, 5.74) is 1.44. The zero-order valence-electron chi connectivity index (χ0n) is 12.1. The summed E-state index contributed by atoms with van der Waals surface area (Å²) in [6.07, 6.45) is 0.710. The lowest BCUT2D eigenvalue weighted by Gasteiger charge is -2.24. The average Bonchev–Trinajstić information content (AvgIpc) is 2.37. The van der Waals surface area contributed by atoms with Gasteiger partial charge in [0.25, 0.3) is 0 Å². The summed E-state index contributed by atoms with van der Waals surface area (Å²) in [6, 6.07) is 7.09. The number of carbonyl (C=O) groups is 2. The molecule has 0 atom stereocenters. The molecule has 1 rings (SSSR count). The van der Waals surface area contributed by atoms with Crippen LogP contribution in [0.25, 0.3) is 0 Å². The topological polar surface area (TPSA) is 91.8 Å². The van der Waals surface area contributed by atoms with Crippen LogP contribution in [0, 0.1) is 6.92 Å². The fourth-order valence-electron chi connectivity index (χ4n) is 1.86. The van der Waals surface area contributed by atoms with Gasteiger partial charge in [0.2, 0.25) is 5.91 Å². The Morgan fingerprint density at radius 3 is 2.33 bits per heavy atom. The number of rotatable bonds is 7. The van der Waals surface area contributed by atoms with Crippen molar-refractivity contribution >= 4 is 27.4 Å². The molecule has 116 valence electrons. The van der Waals surface area contributed by atoms with Crippen LogP contribution < -0.4 is 4.90 Å². The van der Waals surface area contributed by atoms with Crippen LogP contribution in [-0.2, 0) is 19.4 Å². The summed E-state index contributed by atoms with van der Waals surface area (Å²) in [4.78, 5) is 24.3.